The zero-order valence-electron chi connectivity index (χ0n) is 12.4. The summed E-state index contributed by atoms with van der Waals surface area (Å²) in [5.74, 6) is 0.129. The number of amides is 1. The molecule has 0 fully saturated rings. The maximum atomic E-state index is 12.2. The number of carbonyl (C=O) groups excluding carboxylic acids is 1. The second-order valence-corrected chi connectivity index (χ2v) is 7.18. The van der Waals surface area contributed by atoms with Gasteiger partial charge < -0.3 is 5.32 Å². The Morgan fingerprint density at radius 2 is 1.76 bits per heavy atom. The number of carbonyl (C=O) groups is 1. The summed E-state index contributed by atoms with van der Waals surface area (Å²) in [6.07, 6.45) is 0.683. The van der Waals surface area contributed by atoms with Crippen molar-refractivity contribution < 1.29 is 13.2 Å². The number of halogens is 1. The molecule has 0 aliphatic heterocycles. The Balaban J connectivity index is 2.79. The van der Waals surface area contributed by atoms with E-state index in [2.05, 4.69) is 10.0 Å². The van der Waals surface area contributed by atoms with Crippen molar-refractivity contribution in [1.29, 1.82) is 0 Å². The van der Waals surface area contributed by atoms with E-state index >= 15 is 0 Å². The quantitative estimate of drug-likeness (QED) is 0.746. The van der Waals surface area contributed by atoms with E-state index < -0.39 is 16.1 Å². The normalized spacial score (nSPS) is 13.2. The van der Waals surface area contributed by atoms with Crippen LogP contribution in [0.5, 0.6) is 0 Å². The molecule has 1 aromatic carbocycles. The average Bonchev–Trinajstić information content (AvgIpc) is 2.38. The second kappa shape index (κ2) is 7.77. The zero-order chi connectivity index (χ0) is 16.0. The Morgan fingerprint density at radius 3 is 2.24 bits per heavy atom. The second-order valence-electron chi connectivity index (χ2n) is 5.09. The van der Waals surface area contributed by atoms with Crippen LogP contribution in [-0.4, -0.2) is 32.3 Å². The van der Waals surface area contributed by atoms with Crippen molar-refractivity contribution in [3.63, 3.8) is 0 Å². The number of hydrogen-bond donors (Lipinski definition) is 2. The van der Waals surface area contributed by atoms with Crippen molar-refractivity contribution in [1.82, 2.24) is 10.0 Å². The van der Waals surface area contributed by atoms with Crippen LogP contribution in [0.4, 0.5) is 0 Å². The van der Waals surface area contributed by atoms with Crippen LogP contribution in [0.3, 0.4) is 0 Å². The average molecular weight is 333 g/mol. The van der Waals surface area contributed by atoms with Gasteiger partial charge in [0.2, 0.25) is 15.9 Å². The largest absolute Gasteiger partial charge is 0.353 e. The molecule has 0 aliphatic rings. The molecule has 0 bridgehead atoms. The lowest BCUT2D eigenvalue weighted by Gasteiger charge is -2.16. The maximum absolute atomic E-state index is 12.2. The molecular weight excluding hydrogens is 312 g/mol. The number of alkyl halides is 1. The molecule has 0 saturated carbocycles. The lowest BCUT2D eigenvalue weighted by molar-refractivity contribution is -0.122. The van der Waals surface area contributed by atoms with E-state index in [0.717, 1.165) is 5.56 Å². The molecule has 21 heavy (non-hydrogen) atoms. The van der Waals surface area contributed by atoms with E-state index in [1.54, 1.807) is 12.1 Å². The highest BCUT2D eigenvalue weighted by Gasteiger charge is 2.22. The molecular formula is C14H21ClN2O3S. The van der Waals surface area contributed by atoms with Gasteiger partial charge >= 0.3 is 0 Å². The van der Waals surface area contributed by atoms with Crippen LogP contribution >= 0.6 is 11.6 Å². The highest BCUT2D eigenvalue weighted by Crippen LogP contribution is 2.12. The Labute approximate surface area is 131 Å². The third-order valence-electron chi connectivity index (χ3n) is 2.77. The third-order valence-corrected chi connectivity index (χ3v) is 4.52. The van der Waals surface area contributed by atoms with Crippen molar-refractivity contribution in [2.24, 2.45) is 0 Å². The van der Waals surface area contributed by atoms with E-state index in [4.69, 9.17) is 11.6 Å². The molecule has 1 amide bonds. The van der Waals surface area contributed by atoms with E-state index in [-0.39, 0.29) is 16.8 Å². The van der Waals surface area contributed by atoms with Crippen LogP contribution in [0.2, 0.25) is 0 Å². The standard InChI is InChI=1S/C14H21ClN2O3S/c1-10(2)16-14(18)11(3)17-21(19,20)13-6-4-12(5-7-13)8-9-15/h4-7,10-11,17H,8-9H2,1-3H3,(H,16,18). The Kier molecular flexibility index (Phi) is 6.64. The SMILES string of the molecule is CC(C)NC(=O)C(C)NS(=O)(=O)c1ccc(CCCl)cc1. The first-order valence-electron chi connectivity index (χ1n) is 6.74. The first-order chi connectivity index (χ1) is 9.76. The number of rotatable bonds is 7. The fourth-order valence-electron chi connectivity index (χ4n) is 1.71. The molecule has 7 heteroatoms. The Morgan fingerprint density at radius 1 is 1.19 bits per heavy atom. The van der Waals surface area contributed by atoms with Gasteiger partial charge in [-0.1, -0.05) is 12.1 Å². The molecule has 1 unspecified atom stereocenters. The summed E-state index contributed by atoms with van der Waals surface area (Å²) in [4.78, 5) is 11.9. The fraction of sp³-hybridized carbons (Fsp3) is 0.500. The van der Waals surface area contributed by atoms with Gasteiger partial charge in [0.05, 0.1) is 10.9 Å². The molecule has 2 N–H and O–H groups in total. The van der Waals surface area contributed by atoms with Gasteiger partial charge in [0.25, 0.3) is 0 Å². The maximum Gasteiger partial charge on any atom is 0.241 e. The summed E-state index contributed by atoms with van der Waals surface area (Å²) in [5.41, 5.74) is 0.967. The molecule has 5 nitrogen and oxygen atoms in total. The Hall–Kier alpha value is -1.11. The number of sulfonamides is 1. The lowest BCUT2D eigenvalue weighted by atomic mass is 10.2. The number of hydrogen-bond acceptors (Lipinski definition) is 3. The van der Waals surface area contributed by atoms with Crippen LogP contribution in [0.15, 0.2) is 29.2 Å². The van der Waals surface area contributed by atoms with Gasteiger partial charge in [-0.15, -0.1) is 11.6 Å². The summed E-state index contributed by atoms with van der Waals surface area (Å²) in [6, 6.07) is 5.58. The van der Waals surface area contributed by atoms with Crippen molar-refractivity contribution in [2.45, 2.75) is 44.2 Å². The molecule has 0 saturated heterocycles. The molecule has 1 atom stereocenters. The molecule has 118 valence electrons. The van der Waals surface area contributed by atoms with Gasteiger partial charge in [-0.3, -0.25) is 4.79 Å². The molecule has 0 heterocycles. The highest BCUT2D eigenvalue weighted by molar-refractivity contribution is 7.89. The van der Waals surface area contributed by atoms with Gasteiger partial charge in [-0.05, 0) is 44.9 Å². The summed E-state index contributed by atoms with van der Waals surface area (Å²) in [6.45, 7) is 5.14. The summed E-state index contributed by atoms with van der Waals surface area (Å²) < 4.78 is 26.7. The fourth-order valence-corrected chi connectivity index (χ4v) is 3.13. The van der Waals surface area contributed by atoms with E-state index in [9.17, 15) is 13.2 Å². The van der Waals surface area contributed by atoms with Gasteiger partial charge in [-0.25, -0.2) is 8.42 Å². The minimum absolute atomic E-state index is 0.0423. The van der Waals surface area contributed by atoms with Gasteiger partial charge in [0, 0.05) is 11.9 Å². The van der Waals surface area contributed by atoms with Crippen LogP contribution in [0.1, 0.15) is 26.3 Å². The minimum atomic E-state index is -3.72. The predicted molar refractivity (Wildman–Crippen MR) is 83.9 cm³/mol. The lowest BCUT2D eigenvalue weighted by Crippen LogP contribution is -2.46. The van der Waals surface area contributed by atoms with Crippen molar-refractivity contribution in [2.75, 3.05) is 5.88 Å². The molecule has 0 radical (unpaired) electrons. The topological polar surface area (TPSA) is 75.3 Å². The van der Waals surface area contributed by atoms with E-state index in [0.29, 0.717) is 12.3 Å². The molecule has 1 rings (SSSR count). The van der Waals surface area contributed by atoms with Gasteiger partial charge in [0.1, 0.15) is 0 Å². The van der Waals surface area contributed by atoms with Crippen molar-refractivity contribution in [3.05, 3.63) is 29.8 Å². The van der Waals surface area contributed by atoms with Crippen molar-refractivity contribution >= 4 is 27.5 Å². The third kappa shape index (κ3) is 5.65. The number of nitrogens with one attached hydrogen (secondary N) is 2. The number of aryl methyl sites for hydroxylation is 1. The zero-order valence-corrected chi connectivity index (χ0v) is 14.0. The number of benzene rings is 1. The summed E-state index contributed by atoms with van der Waals surface area (Å²) in [5, 5.41) is 2.66. The first kappa shape index (κ1) is 17.9. The van der Waals surface area contributed by atoms with E-state index in [1.165, 1.54) is 19.1 Å². The Bertz CT molecular complexity index is 570. The smallest absolute Gasteiger partial charge is 0.241 e. The van der Waals surface area contributed by atoms with Crippen LogP contribution < -0.4 is 10.0 Å². The van der Waals surface area contributed by atoms with Crippen LogP contribution in [0, 0.1) is 0 Å². The summed E-state index contributed by atoms with van der Waals surface area (Å²) >= 11 is 5.64. The molecule has 0 spiro atoms. The van der Waals surface area contributed by atoms with Crippen molar-refractivity contribution in [3.8, 4) is 0 Å². The monoisotopic (exact) mass is 332 g/mol. The van der Waals surface area contributed by atoms with Gasteiger partial charge in [0.15, 0.2) is 0 Å². The first-order valence-corrected chi connectivity index (χ1v) is 8.75. The highest BCUT2D eigenvalue weighted by atomic mass is 35.5. The van der Waals surface area contributed by atoms with Crippen LogP contribution in [-0.2, 0) is 21.2 Å². The van der Waals surface area contributed by atoms with E-state index in [1.807, 2.05) is 13.8 Å². The molecule has 1 aromatic rings. The molecule has 0 aliphatic carbocycles. The minimum Gasteiger partial charge on any atom is -0.353 e. The predicted octanol–water partition coefficient (Wildman–Crippen LogP) is 1.66. The molecule has 0 aromatic heterocycles. The van der Waals surface area contributed by atoms with Crippen LogP contribution in [0.25, 0.3) is 0 Å². The summed E-state index contributed by atoms with van der Waals surface area (Å²) in [7, 11) is -3.72. The van der Waals surface area contributed by atoms with Gasteiger partial charge in [-0.2, -0.15) is 4.72 Å².